The van der Waals surface area contributed by atoms with Crippen molar-refractivity contribution in [3.05, 3.63) is 70.4 Å². The van der Waals surface area contributed by atoms with Crippen LogP contribution in [0.25, 0.3) is 21.8 Å². The molecule has 4 aromatic rings. The second kappa shape index (κ2) is 6.51. The van der Waals surface area contributed by atoms with Gasteiger partial charge in [0, 0.05) is 30.0 Å². The molecule has 1 amide bonds. The maximum atomic E-state index is 12.7. The van der Waals surface area contributed by atoms with Gasteiger partial charge in [0.1, 0.15) is 0 Å². The number of imidazole rings is 1. The molecule has 0 saturated heterocycles. The number of hydrogen-bond acceptors (Lipinski definition) is 4. The first kappa shape index (κ1) is 18.3. The molecular weight excluding hydrogens is 390 g/mol. The fraction of sp³-hybridized carbons (Fsp3) is 0.333. The summed E-state index contributed by atoms with van der Waals surface area (Å²) in [6.45, 7) is 0. The highest BCUT2D eigenvalue weighted by atomic mass is 16.1. The summed E-state index contributed by atoms with van der Waals surface area (Å²) in [6, 6.07) is 13.6. The lowest BCUT2D eigenvalue weighted by Crippen LogP contribution is -2.55. The lowest BCUT2D eigenvalue weighted by molar-refractivity contribution is -0.0196. The number of carbonyl (C=O) groups is 1. The van der Waals surface area contributed by atoms with E-state index in [4.69, 9.17) is 0 Å². The Balaban J connectivity index is 1.10. The highest BCUT2D eigenvalue weighted by Crippen LogP contribution is 2.62. The van der Waals surface area contributed by atoms with Gasteiger partial charge >= 0.3 is 0 Å². The van der Waals surface area contributed by atoms with E-state index >= 15 is 0 Å². The number of hydrogen-bond donors (Lipinski definition) is 2. The predicted octanol–water partition coefficient (Wildman–Crippen LogP) is 3.27. The summed E-state index contributed by atoms with van der Waals surface area (Å²) in [5, 5.41) is 11.9. The molecule has 2 aromatic heterocycles. The number of aryl methyl sites for hydroxylation is 1. The third-order valence-corrected chi connectivity index (χ3v) is 7.15. The second-order valence-corrected chi connectivity index (χ2v) is 9.23. The number of rotatable bonds is 3. The standard InChI is InChI=1S/C24H23N5O2/c1-29-13-25-19-8-14(6-7-20(19)29)22(30)26-16-11-24(12-16)9-15(10-24)21-17-4-2-3-5-18(17)23(31)28-27-21/h2-8,13,15-16H,9-12H2,1H3,(H,26,30)(H,28,31). The van der Waals surface area contributed by atoms with Crippen LogP contribution < -0.4 is 10.9 Å². The van der Waals surface area contributed by atoms with Crippen LogP contribution in [0.5, 0.6) is 0 Å². The van der Waals surface area contributed by atoms with E-state index in [1.54, 1.807) is 6.33 Å². The molecule has 2 aliphatic rings. The molecule has 0 bridgehead atoms. The molecule has 1 spiro atoms. The molecule has 0 radical (unpaired) electrons. The number of aromatic nitrogens is 4. The van der Waals surface area contributed by atoms with Crippen LogP contribution in [0.3, 0.4) is 0 Å². The van der Waals surface area contributed by atoms with Crippen LogP contribution >= 0.6 is 0 Å². The highest BCUT2D eigenvalue weighted by molar-refractivity contribution is 5.97. The van der Waals surface area contributed by atoms with Crippen molar-refractivity contribution >= 4 is 27.7 Å². The second-order valence-electron chi connectivity index (χ2n) is 9.23. The molecule has 6 rings (SSSR count). The molecule has 2 heterocycles. The van der Waals surface area contributed by atoms with Crippen LogP contribution in [0, 0.1) is 5.41 Å². The minimum Gasteiger partial charge on any atom is -0.349 e. The zero-order chi connectivity index (χ0) is 21.2. The van der Waals surface area contributed by atoms with Crippen molar-refractivity contribution in [1.29, 1.82) is 0 Å². The Labute approximate surface area is 178 Å². The van der Waals surface area contributed by atoms with Crippen molar-refractivity contribution in [3.63, 3.8) is 0 Å². The predicted molar refractivity (Wildman–Crippen MR) is 118 cm³/mol. The molecule has 2 saturated carbocycles. The zero-order valence-corrected chi connectivity index (χ0v) is 17.3. The van der Waals surface area contributed by atoms with Gasteiger partial charge in [-0.3, -0.25) is 9.59 Å². The van der Waals surface area contributed by atoms with E-state index in [1.807, 2.05) is 54.1 Å². The summed E-state index contributed by atoms with van der Waals surface area (Å²) in [7, 11) is 1.94. The number of nitrogens with one attached hydrogen (secondary N) is 2. The molecule has 2 aromatic carbocycles. The van der Waals surface area contributed by atoms with Crippen molar-refractivity contribution in [2.45, 2.75) is 37.6 Å². The number of amides is 1. The summed E-state index contributed by atoms with van der Waals surface area (Å²) in [5.74, 6) is 0.335. The van der Waals surface area contributed by atoms with Crippen LogP contribution in [-0.2, 0) is 7.05 Å². The fourth-order valence-electron chi connectivity index (χ4n) is 5.59. The summed E-state index contributed by atoms with van der Waals surface area (Å²) in [6.07, 6.45) is 5.88. The third kappa shape index (κ3) is 2.87. The molecule has 0 atom stereocenters. The van der Waals surface area contributed by atoms with Crippen LogP contribution in [0.2, 0.25) is 0 Å². The molecule has 2 fully saturated rings. The van der Waals surface area contributed by atoms with Gasteiger partial charge in [-0.25, -0.2) is 10.1 Å². The van der Waals surface area contributed by atoms with Crippen molar-refractivity contribution in [2.75, 3.05) is 0 Å². The Kier molecular flexibility index (Phi) is 3.84. The van der Waals surface area contributed by atoms with Gasteiger partial charge < -0.3 is 9.88 Å². The molecule has 7 heteroatoms. The number of aromatic amines is 1. The lowest BCUT2D eigenvalue weighted by atomic mass is 9.49. The van der Waals surface area contributed by atoms with Crippen molar-refractivity contribution in [2.24, 2.45) is 12.5 Å². The van der Waals surface area contributed by atoms with Crippen molar-refractivity contribution in [3.8, 4) is 0 Å². The number of nitrogens with zero attached hydrogens (tertiary/aromatic N) is 3. The lowest BCUT2D eigenvalue weighted by Gasteiger charge is -2.57. The average molecular weight is 413 g/mol. The SMILES string of the molecule is Cn1cnc2cc(C(=O)NC3CC4(C3)CC(c3n[nH]c(=O)c5ccccc35)C4)ccc21. The summed E-state index contributed by atoms with van der Waals surface area (Å²) >= 11 is 0. The van der Waals surface area contributed by atoms with E-state index in [2.05, 4.69) is 20.5 Å². The van der Waals surface area contributed by atoms with Crippen LogP contribution in [0.1, 0.15) is 47.7 Å². The van der Waals surface area contributed by atoms with E-state index < -0.39 is 0 Å². The molecule has 0 aliphatic heterocycles. The molecular formula is C24H23N5O2. The molecule has 31 heavy (non-hydrogen) atoms. The minimum absolute atomic E-state index is 0.0310. The highest BCUT2D eigenvalue weighted by Gasteiger charge is 2.54. The normalized spacial score (nSPS) is 24.8. The van der Waals surface area contributed by atoms with E-state index in [1.165, 1.54) is 0 Å². The maximum Gasteiger partial charge on any atom is 0.272 e. The molecule has 7 nitrogen and oxygen atoms in total. The molecule has 2 aliphatic carbocycles. The largest absolute Gasteiger partial charge is 0.349 e. The maximum absolute atomic E-state index is 12.7. The zero-order valence-electron chi connectivity index (χ0n) is 17.3. The average Bonchev–Trinajstić information content (AvgIpc) is 3.10. The number of carbonyl (C=O) groups excluding carboxylic acids is 1. The van der Waals surface area contributed by atoms with Crippen molar-refractivity contribution in [1.82, 2.24) is 25.1 Å². The van der Waals surface area contributed by atoms with Gasteiger partial charge in [0.25, 0.3) is 11.5 Å². The Morgan fingerprint density at radius 2 is 1.90 bits per heavy atom. The van der Waals surface area contributed by atoms with Gasteiger partial charge in [-0.2, -0.15) is 5.10 Å². The van der Waals surface area contributed by atoms with Gasteiger partial charge in [-0.05, 0) is 55.4 Å². The first-order valence-corrected chi connectivity index (χ1v) is 10.7. The fourth-order valence-corrected chi connectivity index (χ4v) is 5.59. The number of fused-ring (bicyclic) bond motifs is 2. The van der Waals surface area contributed by atoms with Crippen molar-refractivity contribution < 1.29 is 4.79 Å². The summed E-state index contributed by atoms with van der Waals surface area (Å²) in [4.78, 5) is 29.1. The van der Waals surface area contributed by atoms with Crippen LogP contribution in [0.4, 0.5) is 0 Å². The van der Waals surface area contributed by atoms with E-state index in [0.29, 0.717) is 22.3 Å². The molecule has 156 valence electrons. The van der Waals surface area contributed by atoms with Gasteiger partial charge in [-0.1, -0.05) is 18.2 Å². The van der Waals surface area contributed by atoms with Crippen LogP contribution in [0.15, 0.2) is 53.6 Å². The van der Waals surface area contributed by atoms with E-state index in [-0.39, 0.29) is 17.5 Å². The smallest absolute Gasteiger partial charge is 0.272 e. The quantitative estimate of drug-likeness (QED) is 0.539. The van der Waals surface area contributed by atoms with Gasteiger partial charge in [0.15, 0.2) is 0 Å². The van der Waals surface area contributed by atoms with Gasteiger partial charge in [-0.15, -0.1) is 0 Å². The minimum atomic E-state index is -0.135. The molecule has 0 unspecified atom stereocenters. The first-order chi connectivity index (χ1) is 15.0. The summed E-state index contributed by atoms with van der Waals surface area (Å²) < 4.78 is 1.94. The number of H-pyrrole nitrogens is 1. The monoisotopic (exact) mass is 413 g/mol. The Morgan fingerprint density at radius 3 is 2.71 bits per heavy atom. The first-order valence-electron chi connectivity index (χ1n) is 10.7. The summed E-state index contributed by atoms with van der Waals surface area (Å²) in [5.41, 5.74) is 3.67. The van der Waals surface area contributed by atoms with Gasteiger partial charge in [0.05, 0.1) is 28.4 Å². The Hall–Kier alpha value is -3.48. The Bertz CT molecular complexity index is 1390. The van der Waals surface area contributed by atoms with Crippen LogP contribution in [-0.4, -0.2) is 31.7 Å². The van der Waals surface area contributed by atoms with Gasteiger partial charge in [0.2, 0.25) is 0 Å². The third-order valence-electron chi connectivity index (χ3n) is 7.15. The van der Waals surface area contributed by atoms with E-state index in [0.717, 1.165) is 47.8 Å². The van der Waals surface area contributed by atoms with E-state index in [9.17, 15) is 9.59 Å². The Morgan fingerprint density at radius 1 is 1.13 bits per heavy atom. The topological polar surface area (TPSA) is 92.7 Å². The molecule has 2 N–H and O–H groups in total. The number of benzene rings is 2.